The standard InChI is InChI=1S/C6H5F2IN2O2S/c7-5(8)3-1-4(14(10,12)13)6(9)11-2-3/h1-2,5H,(H2,10,12,13). The van der Waals surface area contributed by atoms with Crippen molar-refractivity contribution in [1.82, 2.24) is 4.98 Å². The number of sulfonamides is 1. The maximum Gasteiger partial charge on any atom is 0.265 e. The summed E-state index contributed by atoms with van der Waals surface area (Å²) in [5.41, 5.74) is -0.463. The van der Waals surface area contributed by atoms with Crippen LogP contribution in [0.4, 0.5) is 8.78 Å². The van der Waals surface area contributed by atoms with Crippen LogP contribution in [-0.2, 0) is 10.0 Å². The maximum atomic E-state index is 12.2. The molecule has 0 atom stereocenters. The van der Waals surface area contributed by atoms with Crippen molar-refractivity contribution in [3.05, 3.63) is 21.5 Å². The highest BCUT2D eigenvalue weighted by Crippen LogP contribution is 2.22. The Morgan fingerprint density at radius 1 is 1.50 bits per heavy atom. The molecule has 0 aliphatic rings. The summed E-state index contributed by atoms with van der Waals surface area (Å²) in [7, 11) is -3.99. The number of hydrogen-bond donors (Lipinski definition) is 1. The number of halogens is 3. The van der Waals surface area contributed by atoms with Crippen LogP contribution in [-0.4, -0.2) is 13.4 Å². The minimum Gasteiger partial charge on any atom is -0.248 e. The van der Waals surface area contributed by atoms with Crippen LogP contribution in [0.5, 0.6) is 0 Å². The van der Waals surface area contributed by atoms with E-state index in [1.165, 1.54) is 0 Å². The molecule has 2 N–H and O–H groups in total. The molecule has 0 unspecified atom stereocenters. The molecule has 8 heteroatoms. The number of hydrogen-bond acceptors (Lipinski definition) is 3. The van der Waals surface area contributed by atoms with Gasteiger partial charge in [-0.2, -0.15) is 0 Å². The Morgan fingerprint density at radius 2 is 2.07 bits per heavy atom. The van der Waals surface area contributed by atoms with Crippen molar-refractivity contribution in [2.45, 2.75) is 11.3 Å². The third kappa shape index (κ3) is 2.58. The monoisotopic (exact) mass is 334 g/mol. The van der Waals surface area contributed by atoms with Crippen molar-refractivity contribution in [2.75, 3.05) is 0 Å². The van der Waals surface area contributed by atoms with Gasteiger partial charge in [-0.3, -0.25) is 0 Å². The highest BCUT2D eigenvalue weighted by Gasteiger charge is 2.17. The molecule has 0 spiro atoms. The Kier molecular flexibility index (Phi) is 3.37. The molecule has 0 bridgehead atoms. The van der Waals surface area contributed by atoms with Gasteiger partial charge in [0.05, 0.1) is 0 Å². The van der Waals surface area contributed by atoms with Gasteiger partial charge in [-0.25, -0.2) is 27.3 Å². The Bertz CT molecular complexity index is 449. The van der Waals surface area contributed by atoms with Gasteiger partial charge in [0.25, 0.3) is 6.43 Å². The molecule has 1 aromatic rings. The Hall–Kier alpha value is -0.350. The summed E-state index contributed by atoms with van der Waals surface area (Å²) in [5.74, 6) is 0. The van der Waals surface area contributed by atoms with Crippen molar-refractivity contribution in [2.24, 2.45) is 5.14 Å². The van der Waals surface area contributed by atoms with E-state index in [0.29, 0.717) is 0 Å². The number of rotatable bonds is 2. The highest BCUT2D eigenvalue weighted by molar-refractivity contribution is 14.1. The molecule has 0 aliphatic heterocycles. The first-order chi connectivity index (χ1) is 6.32. The van der Waals surface area contributed by atoms with Gasteiger partial charge in [-0.15, -0.1) is 0 Å². The molecule has 1 rings (SSSR count). The van der Waals surface area contributed by atoms with Crippen molar-refractivity contribution in [3.63, 3.8) is 0 Å². The fraction of sp³-hybridized carbons (Fsp3) is 0.167. The minimum atomic E-state index is -3.99. The first-order valence-corrected chi connectivity index (χ1v) is 5.91. The smallest absolute Gasteiger partial charge is 0.248 e. The molecule has 0 saturated heterocycles. The van der Waals surface area contributed by atoms with E-state index >= 15 is 0 Å². The number of alkyl halides is 2. The summed E-state index contributed by atoms with van der Waals surface area (Å²) in [5, 5.41) is 4.81. The van der Waals surface area contributed by atoms with E-state index in [1.54, 1.807) is 22.6 Å². The van der Waals surface area contributed by atoms with E-state index in [9.17, 15) is 17.2 Å². The number of nitrogens with zero attached hydrogens (tertiary/aromatic N) is 1. The normalized spacial score (nSPS) is 12.1. The first kappa shape index (κ1) is 11.7. The van der Waals surface area contributed by atoms with E-state index in [2.05, 4.69) is 4.98 Å². The van der Waals surface area contributed by atoms with Crippen LogP contribution in [0.1, 0.15) is 12.0 Å². The van der Waals surface area contributed by atoms with Crippen LogP contribution < -0.4 is 5.14 Å². The zero-order valence-corrected chi connectivity index (χ0v) is 9.59. The summed E-state index contributed by atoms with van der Waals surface area (Å²) in [6.07, 6.45) is -1.85. The number of nitrogens with two attached hydrogens (primary N) is 1. The molecule has 14 heavy (non-hydrogen) atoms. The second-order valence-corrected chi connectivity index (χ2v) is 4.95. The molecule has 0 aromatic carbocycles. The van der Waals surface area contributed by atoms with Crippen LogP contribution in [0.15, 0.2) is 17.2 Å². The SMILES string of the molecule is NS(=O)(=O)c1cc(C(F)F)cnc1I. The van der Waals surface area contributed by atoms with Gasteiger partial charge < -0.3 is 0 Å². The zero-order valence-electron chi connectivity index (χ0n) is 6.62. The lowest BCUT2D eigenvalue weighted by atomic mass is 10.3. The van der Waals surface area contributed by atoms with Gasteiger partial charge in [-0.05, 0) is 28.7 Å². The molecule has 4 nitrogen and oxygen atoms in total. The number of pyridine rings is 1. The topological polar surface area (TPSA) is 73.1 Å². The fourth-order valence-electron chi connectivity index (χ4n) is 0.762. The van der Waals surface area contributed by atoms with Gasteiger partial charge in [0.15, 0.2) is 0 Å². The van der Waals surface area contributed by atoms with Crippen LogP contribution >= 0.6 is 22.6 Å². The van der Waals surface area contributed by atoms with Crippen LogP contribution in [0.2, 0.25) is 0 Å². The van der Waals surface area contributed by atoms with Gasteiger partial charge in [0, 0.05) is 11.8 Å². The first-order valence-electron chi connectivity index (χ1n) is 3.29. The minimum absolute atomic E-state index is 0.0782. The van der Waals surface area contributed by atoms with Crippen molar-refractivity contribution in [3.8, 4) is 0 Å². The average molecular weight is 334 g/mol. The lowest BCUT2D eigenvalue weighted by Gasteiger charge is -2.03. The van der Waals surface area contributed by atoms with Gasteiger partial charge in [0.1, 0.15) is 8.60 Å². The fourth-order valence-corrected chi connectivity index (χ4v) is 2.57. The van der Waals surface area contributed by atoms with Crippen molar-refractivity contribution < 1.29 is 17.2 Å². The molecule has 1 aromatic heterocycles. The predicted octanol–water partition coefficient (Wildman–Crippen LogP) is 1.27. The molecule has 0 radical (unpaired) electrons. The second kappa shape index (κ2) is 4.03. The molecule has 0 fully saturated rings. The zero-order chi connectivity index (χ0) is 10.9. The van der Waals surface area contributed by atoms with E-state index in [1.807, 2.05) is 0 Å². The molecule has 0 amide bonds. The van der Waals surface area contributed by atoms with Crippen LogP contribution in [0.25, 0.3) is 0 Å². The van der Waals surface area contributed by atoms with Gasteiger partial charge in [-0.1, -0.05) is 0 Å². The lowest BCUT2D eigenvalue weighted by Crippen LogP contribution is -2.15. The number of primary sulfonamides is 1. The average Bonchev–Trinajstić information content (AvgIpc) is 2.02. The number of aromatic nitrogens is 1. The molecule has 1 heterocycles. The largest absolute Gasteiger partial charge is 0.265 e. The third-order valence-corrected chi connectivity index (χ3v) is 3.54. The Balaban J connectivity index is 3.37. The predicted molar refractivity (Wildman–Crippen MR) is 53.3 cm³/mol. The molecule has 78 valence electrons. The summed E-state index contributed by atoms with van der Waals surface area (Å²) in [6.45, 7) is 0. The third-order valence-electron chi connectivity index (χ3n) is 1.39. The van der Waals surface area contributed by atoms with Gasteiger partial charge in [0.2, 0.25) is 10.0 Å². The summed E-state index contributed by atoms with van der Waals surface area (Å²) in [4.78, 5) is 3.14. The van der Waals surface area contributed by atoms with E-state index in [-0.39, 0.29) is 8.60 Å². The molecular weight excluding hydrogens is 329 g/mol. The Morgan fingerprint density at radius 3 is 2.50 bits per heavy atom. The second-order valence-electron chi connectivity index (χ2n) is 2.40. The van der Waals surface area contributed by atoms with E-state index in [0.717, 1.165) is 12.3 Å². The van der Waals surface area contributed by atoms with Crippen LogP contribution in [0, 0.1) is 3.70 Å². The van der Waals surface area contributed by atoms with Crippen molar-refractivity contribution >= 4 is 32.6 Å². The summed E-state index contributed by atoms with van der Waals surface area (Å²) < 4.78 is 46.3. The maximum absolute atomic E-state index is 12.2. The Labute approximate surface area is 92.7 Å². The lowest BCUT2D eigenvalue weighted by molar-refractivity contribution is 0.150. The molecular formula is C6H5F2IN2O2S. The van der Waals surface area contributed by atoms with Gasteiger partial charge >= 0.3 is 0 Å². The van der Waals surface area contributed by atoms with E-state index in [4.69, 9.17) is 5.14 Å². The highest BCUT2D eigenvalue weighted by atomic mass is 127. The molecule has 0 aliphatic carbocycles. The summed E-state index contributed by atoms with van der Waals surface area (Å²) in [6, 6.07) is 0.828. The molecule has 0 saturated carbocycles. The van der Waals surface area contributed by atoms with Crippen LogP contribution in [0.3, 0.4) is 0 Å². The van der Waals surface area contributed by atoms with E-state index < -0.39 is 22.0 Å². The van der Waals surface area contributed by atoms with Crippen molar-refractivity contribution in [1.29, 1.82) is 0 Å². The quantitative estimate of drug-likeness (QED) is 0.654. The summed E-state index contributed by atoms with van der Waals surface area (Å²) >= 11 is 1.61.